The zero-order valence-corrected chi connectivity index (χ0v) is 17.5. The molecule has 1 N–H and O–H groups in total. The average molecular weight is 436 g/mol. The Morgan fingerprint density at radius 1 is 1.00 bits per heavy atom. The number of rotatable bonds is 6. The van der Waals surface area contributed by atoms with Crippen molar-refractivity contribution >= 4 is 29.5 Å². The number of carbonyl (C=O) groups excluding carboxylic acids is 2. The predicted molar refractivity (Wildman–Crippen MR) is 119 cm³/mol. The molecule has 1 aliphatic rings. The highest BCUT2D eigenvalue weighted by Crippen LogP contribution is 2.40. The molecular formula is C23H21N3O4S. The van der Waals surface area contributed by atoms with E-state index in [-0.39, 0.29) is 28.3 Å². The van der Waals surface area contributed by atoms with Crippen LogP contribution in [0.1, 0.15) is 38.9 Å². The topological polar surface area (TPSA) is 90.3 Å². The van der Waals surface area contributed by atoms with E-state index in [4.69, 9.17) is 4.74 Å². The molecule has 1 fully saturated rings. The molecule has 8 heteroatoms. The molecule has 2 heterocycles. The van der Waals surface area contributed by atoms with E-state index in [1.165, 1.54) is 0 Å². The van der Waals surface area contributed by atoms with Gasteiger partial charge < -0.3 is 10.1 Å². The van der Waals surface area contributed by atoms with Crippen LogP contribution in [0.3, 0.4) is 0 Å². The summed E-state index contributed by atoms with van der Waals surface area (Å²) in [7, 11) is 0. The normalized spacial score (nSPS) is 17.8. The third-order valence-corrected chi connectivity index (χ3v) is 6.45. The number of hydrogen-bond donors (Lipinski definition) is 1. The van der Waals surface area contributed by atoms with Gasteiger partial charge in [0.25, 0.3) is 5.91 Å². The Bertz CT molecular complexity index is 1120. The largest absolute Gasteiger partial charge is 0.461 e. The van der Waals surface area contributed by atoms with Crippen LogP contribution >= 0.6 is 11.8 Å². The summed E-state index contributed by atoms with van der Waals surface area (Å²) in [6, 6.07) is 19.2. The van der Waals surface area contributed by atoms with Crippen LogP contribution in [0.25, 0.3) is 0 Å². The number of carbonyl (C=O) groups is 2. The highest BCUT2D eigenvalue weighted by Gasteiger charge is 2.28. The number of hydrogen-bond acceptors (Lipinski definition) is 6. The van der Waals surface area contributed by atoms with Crippen LogP contribution in [0.15, 0.2) is 77.7 Å². The molecule has 1 amide bonds. The molecule has 0 bridgehead atoms. The maximum absolute atomic E-state index is 12.5. The first-order valence-corrected chi connectivity index (χ1v) is 10.9. The molecule has 0 saturated carbocycles. The highest BCUT2D eigenvalue weighted by atomic mass is 32.2. The minimum atomic E-state index is -0.426. The highest BCUT2D eigenvalue weighted by molar-refractivity contribution is 8.00. The molecule has 31 heavy (non-hydrogen) atoms. The maximum atomic E-state index is 12.5. The minimum absolute atomic E-state index is 0.0840. The third-order valence-electron chi connectivity index (χ3n) is 4.91. The van der Waals surface area contributed by atoms with Gasteiger partial charge >= 0.3 is 11.7 Å². The van der Waals surface area contributed by atoms with Crippen LogP contribution in [0.4, 0.5) is 5.82 Å². The number of amides is 1. The molecule has 0 radical (unpaired) electrons. The van der Waals surface area contributed by atoms with E-state index in [0.29, 0.717) is 17.7 Å². The van der Waals surface area contributed by atoms with E-state index in [1.54, 1.807) is 77.1 Å². The number of esters is 1. The van der Waals surface area contributed by atoms with Crippen molar-refractivity contribution in [3.05, 3.63) is 94.5 Å². The van der Waals surface area contributed by atoms with E-state index in [1.807, 2.05) is 12.1 Å². The van der Waals surface area contributed by atoms with Crippen molar-refractivity contribution < 1.29 is 14.3 Å². The van der Waals surface area contributed by atoms with Crippen molar-refractivity contribution in [3.8, 4) is 0 Å². The van der Waals surface area contributed by atoms with E-state index in [0.717, 1.165) is 12.8 Å². The summed E-state index contributed by atoms with van der Waals surface area (Å²) in [4.78, 5) is 40.8. The fourth-order valence-electron chi connectivity index (χ4n) is 3.32. The van der Waals surface area contributed by atoms with Crippen LogP contribution in [0, 0.1) is 0 Å². The summed E-state index contributed by atoms with van der Waals surface area (Å²) in [5.41, 5.74) is 0.591. The molecule has 7 nitrogen and oxygen atoms in total. The van der Waals surface area contributed by atoms with E-state index in [2.05, 4.69) is 10.3 Å². The van der Waals surface area contributed by atoms with Gasteiger partial charge in [-0.25, -0.2) is 9.59 Å². The standard InChI is InChI=1S/C23H21N3O4S/c27-21(16-7-3-1-4-8-16)24-19-13-14-26(23(29)25-19)20-12-11-18(31-20)15-30-22(28)17-9-5-2-6-10-17/h1-10,13-14,18,20H,11-12,15H2,(H,24,25,27,29)/t18-,20-/m1/s1. The second-order valence-electron chi connectivity index (χ2n) is 7.08. The van der Waals surface area contributed by atoms with Gasteiger partial charge in [-0.05, 0) is 43.2 Å². The monoisotopic (exact) mass is 435 g/mol. The fraction of sp³-hybridized carbons (Fsp3) is 0.217. The molecular weight excluding hydrogens is 414 g/mol. The molecule has 1 aromatic heterocycles. The molecule has 1 saturated heterocycles. The molecule has 0 spiro atoms. The molecule has 2 atom stereocenters. The Hall–Kier alpha value is -3.39. The van der Waals surface area contributed by atoms with Crippen molar-refractivity contribution in [3.63, 3.8) is 0 Å². The summed E-state index contributed by atoms with van der Waals surface area (Å²) in [6.07, 6.45) is 3.25. The lowest BCUT2D eigenvalue weighted by atomic mass is 10.2. The zero-order chi connectivity index (χ0) is 21.6. The van der Waals surface area contributed by atoms with Gasteiger partial charge in [0.05, 0.1) is 10.9 Å². The van der Waals surface area contributed by atoms with Crippen molar-refractivity contribution in [1.29, 1.82) is 0 Å². The first-order chi connectivity index (χ1) is 15.1. The number of anilines is 1. The minimum Gasteiger partial charge on any atom is -0.461 e. The van der Waals surface area contributed by atoms with Crippen LogP contribution < -0.4 is 11.0 Å². The number of aromatic nitrogens is 2. The molecule has 1 aliphatic heterocycles. The number of thioether (sulfide) groups is 1. The Morgan fingerprint density at radius 2 is 1.68 bits per heavy atom. The summed E-state index contributed by atoms with van der Waals surface area (Å²) < 4.78 is 6.98. The second kappa shape index (κ2) is 9.61. The fourth-order valence-corrected chi connectivity index (χ4v) is 4.75. The third kappa shape index (κ3) is 5.21. The van der Waals surface area contributed by atoms with Gasteiger partial charge in [-0.15, -0.1) is 11.8 Å². The molecule has 0 unspecified atom stereocenters. The maximum Gasteiger partial charge on any atom is 0.350 e. The van der Waals surface area contributed by atoms with Gasteiger partial charge in [0.15, 0.2) is 0 Å². The molecule has 158 valence electrons. The Morgan fingerprint density at radius 3 is 2.35 bits per heavy atom. The Balaban J connectivity index is 1.33. The van der Waals surface area contributed by atoms with E-state index >= 15 is 0 Å². The summed E-state index contributed by atoms with van der Waals surface area (Å²) in [5.74, 6) is -0.450. The van der Waals surface area contributed by atoms with Crippen molar-refractivity contribution in [2.45, 2.75) is 23.5 Å². The quantitative estimate of drug-likeness (QED) is 0.593. The number of nitrogens with zero attached hydrogens (tertiary/aromatic N) is 2. The van der Waals surface area contributed by atoms with Crippen LogP contribution in [-0.4, -0.2) is 33.3 Å². The van der Waals surface area contributed by atoms with Gasteiger partial charge in [0, 0.05) is 17.0 Å². The number of ether oxygens (including phenoxy) is 1. The summed E-state index contributed by atoms with van der Waals surface area (Å²) >= 11 is 1.59. The van der Waals surface area contributed by atoms with E-state index < -0.39 is 5.69 Å². The first-order valence-electron chi connectivity index (χ1n) is 9.93. The second-order valence-corrected chi connectivity index (χ2v) is 8.56. The average Bonchev–Trinajstić information content (AvgIpc) is 3.27. The lowest BCUT2D eigenvalue weighted by molar-refractivity contribution is 0.0505. The lowest BCUT2D eigenvalue weighted by Gasteiger charge is -2.14. The predicted octanol–water partition coefficient (Wildman–Crippen LogP) is 3.75. The first kappa shape index (κ1) is 20.9. The van der Waals surface area contributed by atoms with Gasteiger partial charge in [-0.1, -0.05) is 36.4 Å². The summed E-state index contributed by atoms with van der Waals surface area (Å²) in [5, 5.41) is 2.68. The Kier molecular flexibility index (Phi) is 6.47. The van der Waals surface area contributed by atoms with Crippen molar-refractivity contribution in [2.75, 3.05) is 11.9 Å². The zero-order valence-electron chi connectivity index (χ0n) is 16.6. The van der Waals surface area contributed by atoms with Crippen LogP contribution in [0.5, 0.6) is 0 Å². The van der Waals surface area contributed by atoms with Gasteiger partial charge in [-0.3, -0.25) is 9.36 Å². The SMILES string of the molecule is O=C(Nc1ccn([C@H]2CC[C@H](COC(=O)c3ccccc3)S2)c(=O)n1)c1ccccc1. The number of benzene rings is 2. The van der Waals surface area contributed by atoms with Crippen LogP contribution in [0.2, 0.25) is 0 Å². The molecule has 2 aromatic carbocycles. The van der Waals surface area contributed by atoms with E-state index in [9.17, 15) is 14.4 Å². The summed E-state index contributed by atoms with van der Waals surface area (Å²) in [6.45, 7) is 0.294. The van der Waals surface area contributed by atoms with Gasteiger partial charge in [0.1, 0.15) is 12.4 Å². The van der Waals surface area contributed by atoms with Crippen molar-refractivity contribution in [2.24, 2.45) is 0 Å². The number of nitrogens with one attached hydrogen (secondary N) is 1. The molecule has 4 rings (SSSR count). The van der Waals surface area contributed by atoms with Crippen LogP contribution in [-0.2, 0) is 4.74 Å². The Labute approximate surface area is 183 Å². The van der Waals surface area contributed by atoms with Gasteiger partial charge in [-0.2, -0.15) is 4.98 Å². The molecule has 0 aliphatic carbocycles. The smallest absolute Gasteiger partial charge is 0.350 e. The lowest BCUT2D eigenvalue weighted by Crippen LogP contribution is -2.26. The molecule has 3 aromatic rings. The van der Waals surface area contributed by atoms with Gasteiger partial charge in [0.2, 0.25) is 0 Å². The van der Waals surface area contributed by atoms with Crippen molar-refractivity contribution in [1.82, 2.24) is 9.55 Å².